The van der Waals surface area contributed by atoms with Gasteiger partial charge >= 0.3 is 0 Å². The van der Waals surface area contributed by atoms with Crippen molar-refractivity contribution in [2.75, 3.05) is 25.3 Å². The fourth-order valence-electron chi connectivity index (χ4n) is 2.59. The number of methoxy groups -OCH3 is 2. The normalized spacial score (nSPS) is 13.3. The summed E-state index contributed by atoms with van der Waals surface area (Å²) in [4.78, 5) is 12.3. The average molecular weight is 374 g/mol. The molecular weight excluding hydrogens is 352 g/mol. The van der Waals surface area contributed by atoms with E-state index in [1.807, 2.05) is 10.6 Å². The molecule has 3 rings (SSSR count). The van der Waals surface area contributed by atoms with Gasteiger partial charge in [-0.3, -0.25) is 4.79 Å². The van der Waals surface area contributed by atoms with Crippen molar-refractivity contribution in [2.24, 2.45) is 0 Å². The number of rotatable bonds is 9. The summed E-state index contributed by atoms with van der Waals surface area (Å²) in [6, 6.07) is 5.26. The first kappa shape index (κ1) is 18.3. The van der Waals surface area contributed by atoms with E-state index in [1.165, 1.54) is 11.8 Å². The third kappa shape index (κ3) is 4.19. The van der Waals surface area contributed by atoms with Crippen LogP contribution in [0.4, 0.5) is 5.69 Å². The van der Waals surface area contributed by atoms with Gasteiger partial charge in [0.1, 0.15) is 5.82 Å². The lowest BCUT2D eigenvalue weighted by molar-refractivity contribution is -0.113. The van der Waals surface area contributed by atoms with E-state index in [9.17, 15) is 4.79 Å². The van der Waals surface area contributed by atoms with Crippen LogP contribution >= 0.6 is 11.8 Å². The quantitative estimate of drug-likeness (QED) is 0.537. The molecule has 26 heavy (non-hydrogen) atoms. The fraction of sp³-hybridized carbons (Fsp3) is 0.389. The Labute approximate surface area is 156 Å². The van der Waals surface area contributed by atoms with Crippen LogP contribution in [0.3, 0.4) is 0 Å². The minimum absolute atomic E-state index is 0.122. The highest BCUT2D eigenvalue weighted by Gasteiger charge is 2.30. The van der Waals surface area contributed by atoms with Gasteiger partial charge < -0.3 is 19.4 Å². The van der Waals surface area contributed by atoms with E-state index in [4.69, 9.17) is 9.47 Å². The molecule has 138 valence electrons. The zero-order valence-electron chi connectivity index (χ0n) is 14.9. The van der Waals surface area contributed by atoms with Crippen molar-refractivity contribution in [3.63, 3.8) is 0 Å². The van der Waals surface area contributed by atoms with Crippen molar-refractivity contribution in [1.82, 2.24) is 14.8 Å². The van der Waals surface area contributed by atoms with Gasteiger partial charge in [-0.25, -0.2) is 0 Å². The lowest BCUT2D eigenvalue weighted by atomic mass is 10.2. The number of carbonyl (C=O) groups excluding carboxylic acids is 1. The summed E-state index contributed by atoms with van der Waals surface area (Å²) in [6.45, 7) is 4.44. The minimum Gasteiger partial charge on any atom is -0.493 e. The molecule has 1 N–H and O–H groups in total. The molecule has 1 saturated carbocycles. The standard InChI is InChI=1S/C18H22N4O3S/c1-4-9-22-17(12-5-6-12)20-21-18(22)26-11-16(23)19-13-7-8-14(24-2)15(10-13)25-3/h4,7-8,10,12H,1,5-6,9,11H2,2-3H3,(H,19,23). The second kappa shape index (κ2) is 8.27. The zero-order chi connectivity index (χ0) is 18.5. The van der Waals surface area contributed by atoms with Crippen LogP contribution in [0.15, 0.2) is 36.0 Å². The summed E-state index contributed by atoms with van der Waals surface area (Å²) in [5.74, 6) is 2.80. The maximum absolute atomic E-state index is 12.3. The molecular formula is C18H22N4O3S. The molecule has 0 spiro atoms. The fourth-order valence-corrected chi connectivity index (χ4v) is 3.35. The van der Waals surface area contributed by atoms with Crippen LogP contribution in [0.2, 0.25) is 0 Å². The molecule has 1 aromatic heterocycles. The predicted octanol–water partition coefficient (Wildman–Crippen LogP) is 3.09. The van der Waals surface area contributed by atoms with Crippen molar-refractivity contribution < 1.29 is 14.3 Å². The van der Waals surface area contributed by atoms with Crippen LogP contribution in [-0.2, 0) is 11.3 Å². The van der Waals surface area contributed by atoms with E-state index in [0.717, 1.165) is 23.8 Å². The molecule has 1 aromatic carbocycles. The van der Waals surface area contributed by atoms with Crippen molar-refractivity contribution in [3.8, 4) is 11.5 Å². The maximum atomic E-state index is 12.3. The Kier molecular flexibility index (Phi) is 5.82. The number of amides is 1. The van der Waals surface area contributed by atoms with Crippen LogP contribution in [0.1, 0.15) is 24.6 Å². The Hall–Kier alpha value is -2.48. The number of hydrogen-bond donors (Lipinski definition) is 1. The Bertz CT molecular complexity index is 802. The Morgan fingerprint density at radius 2 is 2.12 bits per heavy atom. The van der Waals surface area contributed by atoms with Crippen molar-refractivity contribution in [2.45, 2.75) is 30.5 Å². The first-order valence-corrected chi connectivity index (χ1v) is 9.33. The van der Waals surface area contributed by atoms with E-state index in [0.29, 0.717) is 29.6 Å². The van der Waals surface area contributed by atoms with Crippen LogP contribution < -0.4 is 14.8 Å². The van der Waals surface area contributed by atoms with E-state index >= 15 is 0 Å². The van der Waals surface area contributed by atoms with Crippen molar-refractivity contribution in [3.05, 3.63) is 36.7 Å². The predicted molar refractivity (Wildman–Crippen MR) is 101 cm³/mol. The number of nitrogens with one attached hydrogen (secondary N) is 1. The van der Waals surface area contributed by atoms with Gasteiger partial charge in [0.25, 0.3) is 0 Å². The average Bonchev–Trinajstić information content (AvgIpc) is 3.42. The van der Waals surface area contributed by atoms with Gasteiger partial charge in [-0.05, 0) is 25.0 Å². The van der Waals surface area contributed by atoms with Crippen molar-refractivity contribution in [1.29, 1.82) is 0 Å². The zero-order valence-corrected chi connectivity index (χ0v) is 15.7. The van der Waals surface area contributed by atoms with Gasteiger partial charge in [0, 0.05) is 24.2 Å². The Balaban J connectivity index is 1.61. The molecule has 1 aliphatic rings. The number of thioether (sulfide) groups is 1. The SMILES string of the molecule is C=CCn1c(SCC(=O)Nc2ccc(OC)c(OC)c2)nnc1C1CC1. The van der Waals surface area contributed by atoms with Crippen LogP contribution in [0, 0.1) is 0 Å². The summed E-state index contributed by atoms with van der Waals surface area (Å²) in [7, 11) is 3.13. The lowest BCUT2D eigenvalue weighted by Crippen LogP contribution is -2.15. The molecule has 0 radical (unpaired) electrons. The molecule has 0 bridgehead atoms. The molecule has 1 amide bonds. The molecule has 1 heterocycles. The molecule has 0 aliphatic heterocycles. The smallest absolute Gasteiger partial charge is 0.234 e. The number of nitrogens with zero attached hydrogens (tertiary/aromatic N) is 3. The van der Waals surface area contributed by atoms with Crippen molar-refractivity contribution >= 4 is 23.4 Å². The molecule has 0 atom stereocenters. The van der Waals surface area contributed by atoms with Gasteiger partial charge in [0.2, 0.25) is 5.91 Å². The molecule has 1 fully saturated rings. The minimum atomic E-state index is -0.122. The molecule has 1 aliphatic carbocycles. The number of anilines is 1. The van der Waals surface area contributed by atoms with Gasteiger partial charge in [0.15, 0.2) is 16.7 Å². The Morgan fingerprint density at radius 1 is 1.35 bits per heavy atom. The number of hydrogen-bond acceptors (Lipinski definition) is 6. The molecule has 0 unspecified atom stereocenters. The summed E-state index contributed by atoms with van der Waals surface area (Å²) in [6.07, 6.45) is 4.13. The van der Waals surface area contributed by atoms with Gasteiger partial charge in [-0.1, -0.05) is 17.8 Å². The van der Waals surface area contributed by atoms with Crippen LogP contribution in [0.25, 0.3) is 0 Å². The summed E-state index contributed by atoms with van der Waals surface area (Å²) in [5, 5.41) is 12.1. The second-order valence-corrected chi connectivity index (χ2v) is 6.86. The first-order chi connectivity index (χ1) is 12.7. The van der Waals surface area contributed by atoms with E-state index in [1.54, 1.807) is 32.4 Å². The second-order valence-electron chi connectivity index (χ2n) is 5.92. The van der Waals surface area contributed by atoms with Gasteiger partial charge in [0.05, 0.1) is 20.0 Å². The summed E-state index contributed by atoms with van der Waals surface area (Å²) >= 11 is 1.37. The highest BCUT2D eigenvalue weighted by atomic mass is 32.2. The molecule has 8 heteroatoms. The number of carbonyl (C=O) groups is 1. The largest absolute Gasteiger partial charge is 0.493 e. The number of allylic oxidation sites excluding steroid dienone is 1. The van der Waals surface area contributed by atoms with Gasteiger partial charge in [-0.2, -0.15) is 0 Å². The summed E-state index contributed by atoms with van der Waals surface area (Å²) in [5.41, 5.74) is 0.652. The number of benzene rings is 1. The van der Waals surface area contributed by atoms with E-state index in [2.05, 4.69) is 22.1 Å². The lowest BCUT2D eigenvalue weighted by Gasteiger charge is -2.10. The topological polar surface area (TPSA) is 78.3 Å². The van der Waals surface area contributed by atoms with Crippen LogP contribution in [0.5, 0.6) is 11.5 Å². The van der Waals surface area contributed by atoms with E-state index < -0.39 is 0 Å². The van der Waals surface area contributed by atoms with E-state index in [-0.39, 0.29) is 11.7 Å². The first-order valence-electron chi connectivity index (χ1n) is 8.35. The highest BCUT2D eigenvalue weighted by molar-refractivity contribution is 7.99. The summed E-state index contributed by atoms with van der Waals surface area (Å²) < 4.78 is 12.5. The number of aromatic nitrogens is 3. The maximum Gasteiger partial charge on any atom is 0.234 e. The Morgan fingerprint density at radius 3 is 2.77 bits per heavy atom. The molecule has 2 aromatic rings. The highest BCUT2D eigenvalue weighted by Crippen LogP contribution is 2.40. The van der Waals surface area contributed by atoms with Gasteiger partial charge in [-0.15, -0.1) is 16.8 Å². The number of ether oxygens (including phenoxy) is 2. The third-order valence-electron chi connectivity index (χ3n) is 4.00. The molecule has 0 saturated heterocycles. The molecule has 7 nitrogen and oxygen atoms in total. The monoisotopic (exact) mass is 374 g/mol. The third-order valence-corrected chi connectivity index (χ3v) is 4.97. The van der Waals surface area contributed by atoms with Crippen LogP contribution in [-0.4, -0.2) is 40.6 Å².